The number of hydrazone groups is 1. The molecule has 0 saturated heterocycles. The van der Waals surface area contributed by atoms with Crippen molar-refractivity contribution in [1.82, 2.24) is 5.01 Å². The van der Waals surface area contributed by atoms with E-state index in [1.165, 1.54) is 5.56 Å². The summed E-state index contributed by atoms with van der Waals surface area (Å²) in [6, 6.07) is 37.3. The van der Waals surface area contributed by atoms with Crippen LogP contribution in [0.5, 0.6) is 5.75 Å². The Balaban J connectivity index is 1.28. The smallest absolute Gasteiger partial charge is 0.119 e. The zero-order valence-corrected chi connectivity index (χ0v) is 24.3. The molecule has 5 rings (SSSR count). The molecule has 0 spiro atoms. The second kappa shape index (κ2) is 14.3. The Bertz CT molecular complexity index is 1420. The van der Waals surface area contributed by atoms with Crippen molar-refractivity contribution in [3.05, 3.63) is 145 Å². The second-order valence-corrected chi connectivity index (χ2v) is 10.8. The Morgan fingerprint density at radius 3 is 2.00 bits per heavy atom. The van der Waals surface area contributed by atoms with Crippen LogP contribution in [0.15, 0.2) is 139 Å². The molecule has 214 valence electrons. The molecule has 0 heterocycles. The molecule has 0 amide bonds. The van der Waals surface area contributed by atoms with Crippen molar-refractivity contribution in [3.8, 4) is 5.75 Å². The van der Waals surface area contributed by atoms with Crippen LogP contribution >= 0.6 is 0 Å². The maximum atomic E-state index is 10.9. The molecule has 0 aromatic heterocycles. The third-order valence-electron chi connectivity index (χ3n) is 7.26. The Labute approximate surface area is 249 Å². The summed E-state index contributed by atoms with van der Waals surface area (Å²) in [6.45, 7) is 4.89. The van der Waals surface area contributed by atoms with Crippen molar-refractivity contribution in [2.24, 2.45) is 5.10 Å². The van der Waals surface area contributed by atoms with Crippen molar-refractivity contribution in [1.29, 1.82) is 0 Å². The average Bonchev–Trinajstić information content (AvgIpc) is 3.04. The fourth-order valence-corrected chi connectivity index (χ4v) is 4.92. The van der Waals surface area contributed by atoms with Crippen molar-refractivity contribution in [2.75, 3.05) is 18.1 Å². The van der Waals surface area contributed by atoms with Gasteiger partial charge in [0.1, 0.15) is 18.5 Å². The highest BCUT2D eigenvalue weighted by Gasteiger charge is 2.19. The molecule has 4 aromatic carbocycles. The molecule has 2 unspecified atom stereocenters. The van der Waals surface area contributed by atoms with Crippen molar-refractivity contribution < 1.29 is 9.84 Å². The summed E-state index contributed by atoms with van der Waals surface area (Å²) in [7, 11) is 0. The highest BCUT2D eigenvalue weighted by atomic mass is 16.5. The van der Waals surface area contributed by atoms with Crippen LogP contribution in [0.3, 0.4) is 0 Å². The van der Waals surface area contributed by atoms with Gasteiger partial charge in [0.05, 0.1) is 18.8 Å². The molecular weight excluding hydrogens is 518 g/mol. The van der Waals surface area contributed by atoms with E-state index in [1.807, 2.05) is 47.6 Å². The first kappa shape index (κ1) is 28.9. The van der Waals surface area contributed by atoms with Gasteiger partial charge < -0.3 is 14.7 Å². The molecule has 2 atom stereocenters. The Morgan fingerprint density at radius 1 is 0.810 bits per heavy atom. The van der Waals surface area contributed by atoms with Gasteiger partial charge in [0, 0.05) is 17.1 Å². The van der Waals surface area contributed by atoms with Crippen LogP contribution in [0.4, 0.5) is 17.1 Å². The van der Waals surface area contributed by atoms with E-state index in [2.05, 4.69) is 116 Å². The van der Waals surface area contributed by atoms with Crippen LogP contribution in [-0.2, 0) is 0 Å². The summed E-state index contributed by atoms with van der Waals surface area (Å²) in [5, 5.41) is 17.7. The van der Waals surface area contributed by atoms with E-state index in [4.69, 9.17) is 9.84 Å². The van der Waals surface area contributed by atoms with Gasteiger partial charge in [0.2, 0.25) is 0 Å². The Kier molecular flexibility index (Phi) is 9.86. The van der Waals surface area contributed by atoms with Gasteiger partial charge in [-0.25, -0.2) is 0 Å². The van der Waals surface area contributed by atoms with Gasteiger partial charge in [-0.1, -0.05) is 98.8 Å². The number of anilines is 3. The lowest BCUT2D eigenvalue weighted by Gasteiger charge is -2.29. The van der Waals surface area contributed by atoms with Crippen LogP contribution < -0.4 is 9.64 Å². The standard InChI is InChI=1S/C37H39N3O2/c1-29(2)31-20-24-37(25-21-31)42-28-36(41)27-39(32-12-6-3-7-13-32)38-26-30-18-22-35(23-19-30)40(33-14-8-4-9-15-33)34-16-10-5-11-17-34/h3-12,14-26,29,32,36,41H,13,27-28H2,1-2H3/b38-26+. The molecule has 1 aliphatic carbocycles. The second-order valence-electron chi connectivity index (χ2n) is 10.8. The Morgan fingerprint density at radius 2 is 1.43 bits per heavy atom. The summed E-state index contributed by atoms with van der Waals surface area (Å²) in [6.07, 6.45) is 10.3. The number of hydrogen-bond donors (Lipinski definition) is 1. The monoisotopic (exact) mass is 557 g/mol. The topological polar surface area (TPSA) is 48.3 Å². The van der Waals surface area contributed by atoms with Gasteiger partial charge in [-0.05, 0) is 72.0 Å². The van der Waals surface area contributed by atoms with E-state index >= 15 is 0 Å². The highest BCUT2D eigenvalue weighted by molar-refractivity contribution is 5.82. The van der Waals surface area contributed by atoms with Crippen molar-refractivity contribution >= 4 is 23.3 Å². The van der Waals surface area contributed by atoms with Gasteiger partial charge >= 0.3 is 0 Å². The number of benzene rings is 4. The lowest BCUT2D eigenvalue weighted by Crippen LogP contribution is -2.38. The summed E-state index contributed by atoms with van der Waals surface area (Å²) in [5.74, 6) is 1.23. The molecule has 5 nitrogen and oxygen atoms in total. The van der Waals surface area contributed by atoms with E-state index in [1.54, 1.807) is 0 Å². The van der Waals surface area contributed by atoms with Gasteiger partial charge in [-0.3, -0.25) is 5.01 Å². The molecule has 1 aliphatic rings. The molecule has 42 heavy (non-hydrogen) atoms. The normalized spacial score (nSPS) is 15.2. The molecule has 0 aliphatic heterocycles. The van der Waals surface area contributed by atoms with Crippen LogP contribution in [0.2, 0.25) is 0 Å². The number of para-hydroxylation sites is 2. The molecule has 1 N–H and O–H groups in total. The van der Waals surface area contributed by atoms with E-state index < -0.39 is 6.10 Å². The molecule has 0 fully saturated rings. The minimum absolute atomic E-state index is 0.0668. The van der Waals surface area contributed by atoms with E-state index in [-0.39, 0.29) is 12.6 Å². The maximum absolute atomic E-state index is 10.9. The third kappa shape index (κ3) is 7.77. The van der Waals surface area contributed by atoms with Crippen LogP contribution in [0, 0.1) is 0 Å². The van der Waals surface area contributed by atoms with E-state index in [9.17, 15) is 5.11 Å². The first-order valence-corrected chi connectivity index (χ1v) is 14.6. The van der Waals surface area contributed by atoms with Gasteiger partial charge in [0.25, 0.3) is 0 Å². The predicted octanol–water partition coefficient (Wildman–Crippen LogP) is 8.24. The lowest BCUT2D eigenvalue weighted by molar-refractivity contribution is 0.0608. The highest BCUT2D eigenvalue weighted by Crippen LogP contribution is 2.34. The predicted molar refractivity (Wildman–Crippen MR) is 174 cm³/mol. The minimum Gasteiger partial charge on any atom is -0.491 e. The largest absolute Gasteiger partial charge is 0.491 e. The SMILES string of the molecule is CC(C)c1ccc(OCC(O)CN(/N=C/c2ccc(N(c3ccccc3)c3ccccc3)cc2)C2C=CC=CC2)cc1. The molecular formula is C37H39N3O2. The van der Waals surface area contributed by atoms with Crippen LogP contribution in [0.1, 0.15) is 37.3 Å². The summed E-state index contributed by atoms with van der Waals surface area (Å²) < 4.78 is 5.90. The molecule has 4 aromatic rings. The number of aliphatic hydroxyl groups excluding tert-OH is 1. The molecule has 5 heteroatoms. The fraction of sp³-hybridized carbons (Fsp3) is 0.216. The van der Waals surface area contributed by atoms with Gasteiger partial charge in [-0.15, -0.1) is 0 Å². The maximum Gasteiger partial charge on any atom is 0.119 e. The summed E-state index contributed by atoms with van der Waals surface area (Å²) in [4.78, 5) is 2.24. The van der Waals surface area contributed by atoms with Crippen LogP contribution in [0.25, 0.3) is 0 Å². The number of nitrogens with zero attached hydrogens (tertiary/aromatic N) is 3. The van der Waals surface area contributed by atoms with E-state index in [0.717, 1.165) is 34.8 Å². The quantitative estimate of drug-likeness (QED) is 0.141. The summed E-state index contributed by atoms with van der Waals surface area (Å²) >= 11 is 0. The number of ether oxygens (including phenoxy) is 1. The summed E-state index contributed by atoms with van der Waals surface area (Å²) in [5.41, 5.74) is 5.51. The fourth-order valence-electron chi connectivity index (χ4n) is 4.92. The van der Waals surface area contributed by atoms with Gasteiger partial charge in [-0.2, -0.15) is 5.10 Å². The number of aliphatic hydroxyl groups is 1. The average molecular weight is 558 g/mol. The Hall–Kier alpha value is -4.61. The minimum atomic E-state index is -0.695. The van der Waals surface area contributed by atoms with Gasteiger partial charge in [0.15, 0.2) is 0 Å². The number of hydrogen-bond acceptors (Lipinski definition) is 5. The van der Waals surface area contributed by atoms with Crippen LogP contribution in [-0.4, -0.2) is 41.6 Å². The zero-order chi connectivity index (χ0) is 29.1. The molecule has 0 bridgehead atoms. The number of allylic oxidation sites excluding steroid dienone is 2. The first-order valence-electron chi connectivity index (χ1n) is 14.6. The van der Waals surface area contributed by atoms with E-state index in [0.29, 0.717) is 12.5 Å². The van der Waals surface area contributed by atoms with Crippen molar-refractivity contribution in [3.63, 3.8) is 0 Å². The molecule has 0 radical (unpaired) electrons. The zero-order valence-electron chi connectivity index (χ0n) is 24.3. The lowest BCUT2D eigenvalue weighted by atomic mass is 10.0. The first-order chi connectivity index (χ1) is 20.6. The third-order valence-corrected chi connectivity index (χ3v) is 7.26. The van der Waals surface area contributed by atoms with Crippen molar-refractivity contribution in [2.45, 2.75) is 38.3 Å². The number of rotatable bonds is 12. The molecule has 0 saturated carbocycles.